The Morgan fingerprint density at radius 1 is 1.08 bits per heavy atom. The highest BCUT2D eigenvalue weighted by Gasteiger charge is 2.38. The zero-order chi connectivity index (χ0) is 28.8. The van der Waals surface area contributed by atoms with E-state index < -0.39 is 61.5 Å². The molecular weight excluding hydrogens is 538 g/mol. The Bertz CT molecular complexity index is 1270. The third-order valence-electron chi connectivity index (χ3n) is 4.71. The van der Waals surface area contributed by atoms with E-state index in [2.05, 4.69) is 10.3 Å². The average molecular weight is 557 g/mol. The summed E-state index contributed by atoms with van der Waals surface area (Å²) in [6.45, 7) is 0.132. The molecule has 0 saturated heterocycles. The number of ether oxygens (including phenoxy) is 1. The highest BCUT2D eigenvalue weighted by atomic mass is 19.4. The summed E-state index contributed by atoms with van der Waals surface area (Å²) in [6, 6.07) is 4.82. The topological polar surface area (TPSA) is 113 Å². The van der Waals surface area contributed by atoms with Gasteiger partial charge in [-0.2, -0.15) is 26.3 Å². The van der Waals surface area contributed by atoms with Crippen LogP contribution in [0, 0.1) is 18.6 Å². The number of aryl methyl sites for hydroxylation is 1. The maximum absolute atomic E-state index is 13.8. The summed E-state index contributed by atoms with van der Waals surface area (Å²) in [5, 5.41) is 18.4. The van der Waals surface area contributed by atoms with Crippen molar-refractivity contribution in [1.29, 1.82) is 0 Å². The molecule has 1 aromatic carbocycles. The van der Waals surface area contributed by atoms with Crippen LogP contribution < -0.4 is 10.1 Å². The van der Waals surface area contributed by atoms with Crippen LogP contribution in [0.3, 0.4) is 0 Å². The lowest BCUT2D eigenvalue weighted by atomic mass is 10.2. The molecular formula is C22H19F8N3O5. The third kappa shape index (κ3) is 8.03. The molecule has 3 rings (SSSR count). The van der Waals surface area contributed by atoms with Crippen molar-refractivity contribution in [2.24, 2.45) is 0 Å². The minimum atomic E-state index is -5.08. The first kappa shape index (κ1) is 30.3. The molecule has 3 aromatic rings. The fraction of sp³-hybridized carbons (Fsp3) is 0.318. The van der Waals surface area contributed by atoms with Gasteiger partial charge in [0.2, 0.25) is 0 Å². The van der Waals surface area contributed by atoms with E-state index in [9.17, 15) is 39.9 Å². The lowest BCUT2D eigenvalue weighted by Crippen LogP contribution is -2.41. The zero-order valence-electron chi connectivity index (χ0n) is 19.2. The second kappa shape index (κ2) is 12.1. The lowest BCUT2D eigenvalue weighted by molar-refractivity contribution is -0.192. The Kier molecular flexibility index (Phi) is 9.61. The Hall–Kier alpha value is -3.95. The Labute approximate surface area is 208 Å². The van der Waals surface area contributed by atoms with Crippen LogP contribution in [0.1, 0.15) is 28.2 Å². The molecule has 1 unspecified atom stereocenters. The number of benzene rings is 1. The number of pyridine rings is 1. The van der Waals surface area contributed by atoms with Gasteiger partial charge in [0.25, 0.3) is 5.91 Å². The third-order valence-corrected chi connectivity index (χ3v) is 4.71. The number of alkyl halides is 6. The minimum Gasteiger partial charge on any atom is -0.485 e. The molecule has 0 aliphatic carbocycles. The number of carbonyl (C=O) groups is 2. The number of aliphatic carboxylic acids is 1. The summed E-state index contributed by atoms with van der Waals surface area (Å²) in [4.78, 5) is 25.7. The van der Waals surface area contributed by atoms with E-state index in [0.717, 1.165) is 12.1 Å². The number of rotatable bonds is 7. The van der Waals surface area contributed by atoms with Crippen molar-refractivity contribution in [3.8, 4) is 5.75 Å². The smallest absolute Gasteiger partial charge is 0.485 e. The predicted octanol–water partition coefficient (Wildman–Crippen LogP) is 4.18. The number of aliphatic hydroxyl groups is 1. The number of amides is 1. The Morgan fingerprint density at radius 2 is 1.66 bits per heavy atom. The van der Waals surface area contributed by atoms with Crippen molar-refractivity contribution in [3.63, 3.8) is 0 Å². The van der Waals surface area contributed by atoms with E-state index >= 15 is 0 Å². The molecule has 0 saturated carbocycles. The molecule has 8 nitrogen and oxygen atoms in total. The molecule has 2 heterocycles. The maximum atomic E-state index is 13.8. The van der Waals surface area contributed by atoms with Gasteiger partial charge in [-0.15, -0.1) is 0 Å². The van der Waals surface area contributed by atoms with E-state index in [1.54, 1.807) is 0 Å². The second-order valence-corrected chi connectivity index (χ2v) is 7.58. The van der Waals surface area contributed by atoms with Crippen molar-refractivity contribution in [2.75, 3.05) is 6.61 Å². The molecule has 0 aliphatic rings. The maximum Gasteiger partial charge on any atom is 0.490 e. The van der Waals surface area contributed by atoms with Crippen molar-refractivity contribution >= 4 is 17.5 Å². The lowest BCUT2D eigenvalue weighted by Gasteiger charge is -2.18. The van der Waals surface area contributed by atoms with Crippen LogP contribution in [0.15, 0.2) is 36.5 Å². The number of halogens is 8. The van der Waals surface area contributed by atoms with Crippen molar-refractivity contribution in [2.45, 2.75) is 38.3 Å². The number of nitrogens with one attached hydrogen (secondary N) is 1. The molecule has 3 N–H and O–H groups in total. The average Bonchev–Trinajstić information content (AvgIpc) is 3.13. The fourth-order valence-corrected chi connectivity index (χ4v) is 3.06. The predicted molar refractivity (Wildman–Crippen MR) is 113 cm³/mol. The first-order valence-corrected chi connectivity index (χ1v) is 10.4. The highest BCUT2D eigenvalue weighted by molar-refractivity contribution is 5.95. The summed E-state index contributed by atoms with van der Waals surface area (Å²) in [6.07, 6.45) is -9.61. The van der Waals surface area contributed by atoms with Crippen molar-refractivity contribution in [3.05, 3.63) is 65.1 Å². The molecule has 0 spiro atoms. The summed E-state index contributed by atoms with van der Waals surface area (Å²) >= 11 is 0. The van der Waals surface area contributed by atoms with Crippen LogP contribution in [0.2, 0.25) is 0 Å². The van der Waals surface area contributed by atoms with Gasteiger partial charge in [-0.25, -0.2) is 18.6 Å². The van der Waals surface area contributed by atoms with Crippen LogP contribution in [0.5, 0.6) is 5.75 Å². The number of aliphatic hydroxyl groups excluding tert-OH is 1. The number of fused-ring (bicyclic) bond motifs is 1. The van der Waals surface area contributed by atoms with E-state index in [1.165, 1.54) is 35.7 Å². The quantitative estimate of drug-likeness (QED) is 0.376. The molecule has 1 atom stereocenters. The van der Waals surface area contributed by atoms with Gasteiger partial charge < -0.3 is 20.3 Å². The van der Waals surface area contributed by atoms with Gasteiger partial charge in [-0.05, 0) is 31.2 Å². The van der Waals surface area contributed by atoms with Gasteiger partial charge in [-0.3, -0.25) is 9.20 Å². The van der Waals surface area contributed by atoms with E-state index in [-0.39, 0.29) is 28.3 Å². The summed E-state index contributed by atoms with van der Waals surface area (Å²) in [5.41, 5.74) is -0.0191. The molecule has 0 radical (unpaired) electrons. The van der Waals surface area contributed by atoms with Gasteiger partial charge in [0, 0.05) is 6.20 Å². The van der Waals surface area contributed by atoms with E-state index in [0.29, 0.717) is 0 Å². The van der Waals surface area contributed by atoms with Gasteiger partial charge in [0.05, 0.1) is 30.3 Å². The molecule has 2 aromatic heterocycles. The number of carbonyl (C=O) groups excluding carboxylic acids is 1. The SMILES string of the molecule is Cc1nc2c(OCc3c(F)cccc3F)cccn2c1C(=O)NC(CO)CC(F)(F)F.O=C(O)C(F)(F)F. The molecule has 0 aliphatic heterocycles. The van der Waals surface area contributed by atoms with Crippen molar-refractivity contribution in [1.82, 2.24) is 14.7 Å². The summed E-state index contributed by atoms with van der Waals surface area (Å²) in [7, 11) is 0. The summed E-state index contributed by atoms with van der Waals surface area (Å²) < 4.78 is 104. The van der Waals surface area contributed by atoms with Crippen LogP contribution in [-0.4, -0.2) is 56.5 Å². The second-order valence-electron chi connectivity index (χ2n) is 7.58. The fourth-order valence-electron chi connectivity index (χ4n) is 3.06. The number of aromatic nitrogens is 2. The van der Waals surface area contributed by atoms with Crippen molar-refractivity contribution < 1.29 is 59.7 Å². The number of hydrogen-bond donors (Lipinski definition) is 3. The first-order chi connectivity index (χ1) is 17.5. The number of carboxylic acids is 1. The molecule has 1 amide bonds. The summed E-state index contributed by atoms with van der Waals surface area (Å²) in [5.74, 6) is -5.09. The normalized spacial score (nSPS) is 12.5. The standard InChI is InChI=1S/C20H18F5N3O3.C2HF3O2/c1-11-17(19(30)27-12(9-29)8-20(23,24)25)28-7-3-6-16(18(28)26-11)31-10-13-14(21)4-2-5-15(13)22;3-2(4,5)1(6)7/h2-7,12,29H,8-10H2,1H3,(H,27,30);(H,6,7). The van der Waals surface area contributed by atoms with Crippen LogP contribution in [0.25, 0.3) is 5.65 Å². The Morgan fingerprint density at radius 3 is 2.16 bits per heavy atom. The van der Waals surface area contributed by atoms with Gasteiger partial charge in [0.1, 0.15) is 23.9 Å². The highest BCUT2D eigenvalue weighted by Crippen LogP contribution is 2.25. The Balaban J connectivity index is 0.000000638. The molecule has 0 fully saturated rings. The van der Waals surface area contributed by atoms with Crippen LogP contribution in [0.4, 0.5) is 35.1 Å². The molecule has 208 valence electrons. The van der Waals surface area contributed by atoms with Gasteiger partial charge in [0.15, 0.2) is 11.4 Å². The van der Waals surface area contributed by atoms with E-state index in [1.807, 2.05) is 0 Å². The number of nitrogens with zero attached hydrogens (tertiary/aromatic N) is 2. The largest absolute Gasteiger partial charge is 0.490 e. The minimum absolute atomic E-state index is 0.0573. The molecule has 16 heteroatoms. The van der Waals surface area contributed by atoms with E-state index in [4.69, 9.17) is 19.7 Å². The number of imidazole rings is 1. The van der Waals surface area contributed by atoms with Gasteiger partial charge in [-0.1, -0.05) is 6.07 Å². The number of hydrogen-bond acceptors (Lipinski definition) is 5. The molecule has 38 heavy (non-hydrogen) atoms. The van der Waals surface area contributed by atoms with Crippen LogP contribution >= 0.6 is 0 Å². The molecule has 0 bridgehead atoms. The number of carboxylic acid groups (broad SMARTS) is 1. The van der Waals surface area contributed by atoms with Crippen LogP contribution in [-0.2, 0) is 11.4 Å². The van der Waals surface area contributed by atoms with Gasteiger partial charge >= 0.3 is 18.3 Å². The first-order valence-electron chi connectivity index (χ1n) is 10.4. The monoisotopic (exact) mass is 557 g/mol. The zero-order valence-corrected chi connectivity index (χ0v) is 19.2.